The highest BCUT2D eigenvalue weighted by Crippen LogP contribution is 1.95. The van der Waals surface area contributed by atoms with Crippen molar-refractivity contribution in [1.29, 1.82) is 0 Å². The lowest BCUT2D eigenvalue weighted by molar-refractivity contribution is 1.39. The van der Waals surface area contributed by atoms with Crippen LogP contribution in [0.15, 0.2) is 0 Å². The fraction of sp³-hybridized carbons (Fsp3) is 1.00. The fourth-order valence-corrected chi connectivity index (χ4v) is 0. The summed E-state index contributed by atoms with van der Waals surface area (Å²) in [7, 11) is 0. The number of alkyl halides is 4. The zero-order chi connectivity index (χ0) is 6.99. The van der Waals surface area contributed by atoms with Crippen molar-refractivity contribution < 1.29 is 0 Å². The first-order valence-electron chi connectivity index (χ1n) is 2.05. The molecule has 0 aliphatic rings. The van der Waals surface area contributed by atoms with Crippen LogP contribution in [0.2, 0.25) is 0 Å². The van der Waals surface area contributed by atoms with Crippen molar-refractivity contribution in [3.8, 4) is 0 Å². The van der Waals surface area contributed by atoms with Crippen LogP contribution < -0.4 is 0 Å². The van der Waals surface area contributed by atoms with Gasteiger partial charge in [-0.1, -0.05) is 0 Å². The third kappa shape index (κ3) is 58.2. The van der Waals surface area contributed by atoms with Crippen LogP contribution in [0.5, 0.6) is 0 Å². The van der Waals surface area contributed by atoms with E-state index in [1.54, 1.807) is 6.92 Å². The topological polar surface area (TPSA) is 0 Å². The van der Waals surface area contributed by atoms with Crippen molar-refractivity contribution >= 4 is 46.4 Å². The molecule has 0 aromatic heterocycles. The van der Waals surface area contributed by atoms with E-state index in [0.29, 0.717) is 11.8 Å². The molecule has 0 bridgehead atoms. The van der Waals surface area contributed by atoms with Gasteiger partial charge < -0.3 is 0 Å². The molecule has 0 saturated heterocycles. The van der Waals surface area contributed by atoms with Gasteiger partial charge in [-0.25, -0.2) is 0 Å². The zero-order valence-electron chi connectivity index (χ0n) is 4.50. The van der Waals surface area contributed by atoms with Gasteiger partial charge in [0.25, 0.3) is 0 Å². The summed E-state index contributed by atoms with van der Waals surface area (Å²) in [4.78, 5) is -0.222. The van der Waals surface area contributed by atoms with E-state index in [1.807, 2.05) is 0 Å². The van der Waals surface area contributed by atoms with Crippen LogP contribution in [0.25, 0.3) is 0 Å². The van der Waals surface area contributed by atoms with E-state index >= 15 is 0 Å². The van der Waals surface area contributed by atoms with Crippen molar-refractivity contribution in [3.05, 3.63) is 0 Å². The molecule has 0 spiro atoms. The minimum absolute atomic E-state index is 0.222. The van der Waals surface area contributed by atoms with E-state index in [-0.39, 0.29) is 4.84 Å². The Bertz CT molecular complexity index is 24.5. The average Bonchev–Trinajstić information content (AvgIpc) is 1.65. The molecule has 0 aromatic carbocycles. The van der Waals surface area contributed by atoms with Gasteiger partial charge in [-0.3, -0.25) is 0 Å². The van der Waals surface area contributed by atoms with Gasteiger partial charge in [-0.2, -0.15) is 0 Å². The highest BCUT2D eigenvalue weighted by Gasteiger charge is 1.75. The summed E-state index contributed by atoms with van der Waals surface area (Å²) in [6.07, 6.45) is 0. The van der Waals surface area contributed by atoms with E-state index in [9.17, 15) is 0 Å². The average molecular weight is 198 g/mol. The molecule has 0 unspecified atom stereocenters. The third-order valence-corrected chi connectivity index (χ3v) is 0.643. The molecule has 0 aliphatic heterocycles. The first kappa shape index (κ1) is 11.9. The molecule has 0 N–H and O–H groups in total. The van der Waals surface area contributed by atoms with E-state index < -0.39 is 0 Å². The predicted octanol–water partition coefficient (Wildman–Crippen LogP) is 3.27. The van der Waals surface area contributed by atoms with Crippen LogP contribution in [0.1, 0.15) is 6.92 Å². The molecule has 0 rings (SSSR count). The second-order valence-corrected chi connectivity index (χ2v) is 3.19. The number of hydrogen-bond acceptors (Lipinski definition) is 0. The fourth-order valence-electron chi connectivity index (χ4n) is 0. The number of hydrogen-bond donors (Lipinski definition) is 0. The zero-order valence-corrected chi connectivity index (χ0v) is 7.53. The molecule has 0 saturated carbocycles. The van der Waals surface area contributed by atoms with E-state index in [1.165, 1.54) is 0 Å². The van der Waals surface area contributed by atoms with E-state index in [2.05, 4.69) is 0 Å². The summed E-state index contributed by atoms with van der Waals surface area (Å²) in [6.45, 7) is 1.70. The van der Waals surface area contributed by atoms with Gasteiger partial charge in [-0.15, -0.1) is 46.4 Å². The Labute approximate surface area is 70.1 Å². The molecule has 0 aromatic rings. The molecule has 0 nitrogen and oxygen atoms in total. The SMILES string of the molecule is CC(Cl)Cl.ClCCCl. The maximum absolute atomic E-state index is 5.05. The molecule has 4 heteroatoms. The summed E-state index contributed by atoms with van der Waals surface area (Å²) >= 11 is 20.2. The minimum Gasteiger partial charge on any atom is -0.125 e. The van der Waals surface area contributed by atoms with Crippen LogP contribution in [0.3, 0.4) is 0 Å². The van der Waals surface area contributed by atoms with Crippen LogP contribution in [0, 0.1) is 0 Å². The normalized spacial score (nSPS) is 8.25. The second kappa shape index (κ2) is 11.0. The molecule has 0 aliphatic carbocycles. The first-order chi connectivity index (χ1) is 3.65. The molecule has 0 radical (unpaired) electrons. The lowest BCUT2D eigenvalue weighted by Crippen LogP contribution is -1.63. The van der Waals surface area contributed by atoms with Crippen LogP contribution >= 0.6 is 46.4 Å². The Hall–Kier alpha value is 1.16. The first-order valence-corrected chi connectivity index (χ1v) is 3.99. The highest BCUT2D eigenvalue weighted by molar-refractivity contribution is 6.43. The Balaban J connectivity index is 0. The summed E-state index contributed by atoms with van der Waals surface area (Å²) in [6, 6.07) is 0. The van der Waals surface area contributed by atoms with Gasteiger partial charge in [-0.05, 0) is 6.92 Å². The summed E-state index contributed by atoms with van der Waals surface area (Å²) in [5.74, 6) is 1.11. The third-order valence-electron chi connectivity index (χ3n) is 0.0714. The van der Waals surface area contributed by atoms with Gasteiger partial charge in [0.1, 0.15) is 4.84 Å². The van der Waals surface area contributed by atoms with Crippen molar-refractivity contribution in [1.82, 2.24) is 0 Å². The molecule has 0 amide bonds. The summed E-state index contributed by atoms with van der Waals surface area (Å²) in [5, 5.41) is 0. The van der Waals surface area contributed by atoms with Gasteiger partial charge in [0.2, 0.25) is 0 Å². The van der Waals surface area contributed by atoms with Gasteiger partial charge in [0.15, 0.2) is 0 Å². The van der Waals surface area contributed by atoms with E-state index in [0.717, 1.165) is 0 Å². The summed E-state index contributed by atoms with van der Waals surface area (Å²) < 4.78 is 0. The monoisotopic (exact) mass is 196 g/mol. The molecule has 0 atom stereocenters. The van der Waals surface area contributed by atoms with Gasteiger partial charge in [0.05, 0.1) is 0 Å². The van der Waals surface area contributed by atoms with Crippen molar-refractivity contribution in [2.45, 2.75) is 11.8 Å². The standard InChI is InChI=1S/2C2H4Cl2/c1-2(3)4;3-1-2-4/h2H,1H3;1-2H2. The minimum atomic E-state index is -0.222. The quantitative estimate of drug-likeness (QED) is 0.567. The lowest BCUT2D eigenvalue weighted by Gasteiger charge is -1.72. The molecule has 0 heterocycles. The van der Waals surface area contributed by atoms with Crippen molar-refractivity contribution in [3.63, 3.8) is 0 Å². The molecule has 0 fully saturated rings. The summed E-state index contributed by atoms with van der Waals surface area (Å²) in [5.41, 5.74) is 0. The smallest absolute Gasteiger partial charge is 0.105 e. The van der Waals surface area contributed by atoms with Gasteiger partial charge in [0, 0.05) is 11.8 Å². The largest absolute Gasteiger partial charge is 0.125 e. The maximum Gasteiger partial charge on any atom is 0.105 e. The van der Waals surface area contributed by atoms with E-state index in [4.69, 9.17) is 46.4 Å². The predicted molar refractivity (Wildman–Crippen MR) is 42.6 cm³/mol. The van der Waals surface area contributed by atoms with Crippen molar-refractivity contribution in [2.75, 3.05) is 11.8 Å². The lowest BCUT2D eigenvalue weighted by atomic mass is 11.0. The molecular weight excluding hydrogens is 190 g/mol. The number of halogens is 4. The Morgan fingerprint density at radius 3 is 1.25 bits per heavy atom. The highest BCUT2D eigenvalue weighted by atomic mass is 35.5. The molecule has 52 valence electrons. The Kier molecular flexibility index (Phi) is 16.4. The molecular formula is C4H8Cl4. The Morgan fingerprint density at radius 1 is 1.12 bits per heavy atom. The Morgan fingerprint density at radius 2 is 1.25 bits per heavy atom. The van der Waals surface area contributed by atoms with Crippen molar-refractivity contribution in [2.24, 2.45) is 0 Å². The van der Waals surface area contributed by atoms with Gasteiger partial charge >= 0.3 is 0 Å². The maximum atomic E-state index is 5.05. The second-order valence-electron chi connectivity index (χ2n) is 0.897. The van der Waals surface area contributed by atoms with Crippen LogP contribution in [-0.4, -0.2) is 16.6 Å². The van der Waals surface area contributed by atoms with Crippen LogP contribution in [-0.2, 0) is 0 Å². The molecule has 8 heavy (non-hydrogen) atoms. The number of rotatable bonds is 1. The van der Waals surface area contributed by atoms with Crippen LogP contribution in [0.4, 0.5) is 0 Å².